The molecule has 0 spiro atoms. The van der Waals surface area contributed by atoms with Crippen molar-refractivity contribution in [3.63, 3.8) is 0 Å². The fourth-order valence-corrected chi connectivity index (χ4v) is 5.06. The zero-order valence-electron chi connectivity index (χ0n) is 16.7. The Morgan fingerprint density at radius 2 is 1.71 bits per heavy atom. The van der Waals surface area contributed by atoms with Gasteiger partial charge in [-0.25, -0.2) is 4.39 Å². The second-order valence-electron chi connectivity index (χ2n) is 7.37. The quantitative estimate of drug-likeness (QED) is 0.707. The van der Waals surface area contributed by atoms with Crippen LogP contribution < -0.4 is 9.62 Å². The van der Waals surface area contributed by atoms with E-state index in [2.05, 4.69) is 4.72 Å². The summed E-state index contributed by atoms with van der Waals surface area (Å²) in [6.07, 6.45) is -4.68. The van der Waals surface area contributed by atoms with Crippen molar-refractivity contribution in [2.24, 2.45) is 0 Å². The largest absolute Gasteiger partial charge is 0.417 e. The Labute approximate surface area is 177 Å². The van der Waals surface area contributed by atoms with Crippen molar-refractivity contribution in [3.05, 3.63) is 59.4 Å². The number of alkyl halides is 3. The van der Waals surface area contributed by atoms with E-state index in [1.165, 1.54) is 22.5 Å². The molecular weight excluding hydrogens is 436 g/mol. The van der Waals surface area contributed by atoms with Crippen LogP contribution >= 0.6 is 0 Å². The molecule has 1 saturated heterocycles. The number of benzene rings is 2. The van der Waals surface area contributed by atoms with E-state index in [0.717, 1.165) is 24.3 Å². The summed E-state index contributed by atoms with van der Waals surface area (Å²) in [5.74, 6) is -0.501. The van der Waals surface area contributed by atoms with Crippen LogP contribution in [0.5, 0.6) is 0 Å². The standard InChI is InChI=1S/C20H20F4N4O2S/c1-13-12-28(31(29,30)26-17-6-4-16(21)5-7-17)14(2)11-27(13)18-8-3-15(10-25)19(9-18)20(22,23)24/h3-9,13-14,26H,11-12H2,1-2H3/t13-,14+/m1/s1. The molecule has 0 saturated carbocycles. The lowest BCUT2D eigenvalue weighted by Gasteiger charge is -2.44. The van der Waals surface area contributed by atoms with Gasteiger partial charge in [0.05, 0.1) is 17.2 Å². The summed E-state index contributed by atoms with van der Waals surface area (Å²) in [6, 6.07) is 8.88. The summed E-state index contributed by atoms with van der Waals surface area (Å²) >= 11 is 0. The number of hydrogen-bond acceptors (Lipinski definition) is 4. The molecule has 0 aromatic heterocycles. The predicted molar refractivity (Wildman–Crippen MR) is 108 cm³/mol. The van der Waals surface area contributed by atoms with E-state index >= 15 is 0 Å². The fourth-order valence-electron chi connectivity index (χ4n) is 3.56. The van der Waals surface area contributed by atoms with Crippen LogP contribution in [0.3, 0.4) is 0 Å². The zero-order chi connectivity index (χ0) is 23.0. The highest BCUT2D eigenvalue weighted by molar-refractivity contribution is 7.90. The Bertz CT molecular complexity index is 1100. The molecule has 0 unspecified atom stereocenters. The number of rotatable bonds is 4. The van der Waals surface area contributed by atoms with E-state index in [1.54, 1.807) is 24.8 Å². The van der Waals surface area contributed by atoms with Gasteiger partial charge in [-0.3, -0.25) is 4.72 Å². The maximum atomic E-state index is 13.3. The van der Waals surface area contributed by atoms with E-state index in [1.807, 2.05) is 0 Å². The molecule has 1 heterocycles. The summed E-state index contributed by atoms with van der Waals surface area (Å²) in [4.78, 5) is 1.69. The van der Waals surface area contributed by atoms with Gasteiger partial charge in [-0.15, -0.1) is 0 Å². The monoisotopic (exact) mass is 456 g/mol. The first kappa shape index (κ1) is 22.8. The van der Waals surface area contributed by atoms with Gasteiger partial charge in [-0.1, -0.05) is 0 Å². The fraction of sp³-hybridized carbons (Fsp3) is 0.350. The summed E-state index contributed by atoms with van der Waals surface area (Å²) in [7, 11) is -3.97. The molecule has 2 aromatic rings. The second-order valence-corrected chi connectivity index (χ2v) is 9.00. The second kappa shape index (κ2) is 8.36. The predicted octanol–water partition coefficient (Wildman–Crippen LogP) is 3.97. The van der Waals surface area contributed by atoms with Gasteiger partial charge in [0.2, 0.25) is 0 Å². The van der Waals surface area contributed by atoms with Gasteiger partial charge in [0.15, 0.2) is 0 Å². The van der Waals surface area contributed by atoms with E-state index in [0.29, 0.717) is 0 Å². The molecule has 0 aliphatic carbocycles. The van der Waals surface area contributed by atoms with Gasteiger partial charge in [-0.05, 0) is 56.3 Å². The highest BCUT2D eigenvalue weighted by Gasteiger charge is 2.38. The molecular formula is C20H20F4N4O2S. The lowest BCUT2D eigenvalue weighted by Crippen LogP contribution is -2.59. The lowest BCUT2D eigenvalue weighted by atomic mass is 10.0. The summed E-state index contributed by atoms with van der Waals surface area (Å²) < 4.78 is 82.3. The number of nitrogens with zero attached hydrogens (tertiary/aromatic N) is 3. The molecule has 2 atom stereocenters. The smallest absolute Gasteiger partial charge is 0.366 e. The maximum absolute atomic E-state index is 13.3. The Balaban J connectivity index is 1.83. The molecule has 1 fully saturated rings. The molecule has 1 aliphatic rings. The molecule has 166 valence electrons. The van der Waals surface area contributed by atoms with E-state index in [4.69, 9.17) is 5.26 Å². The van der Waals surface area contributed by atoms with Crippen molar-refractivity contribution in [1.82, 2.24) is 4.31 Å². The summed E-state index contributed by atoms with van der Waals surface area (Å²) in [5, 5.41) is 8.97. The lowest BCUT2D eigenvalue weighted by molar-refractivity contribution is -0.137. The molecule has 2 aromatic carbocycles. The number of hydrogen-bond donors (Lipinski definition) is 1. The average Bonchev–Trinajstić information content (AvgIpc) is 2.69. The first-order valence-corrected chi connectivity index (χ1v) is 10.8. The third-order valence-electron chi connectivity index (χ3n) is 5.09. The van der Waals surface area contributed by atoms with Gasteiger partial charge in [-0.2, -0.15) is 31.2 Å². The van der Waals surface area contributed by atoms with Crippen LogP contribution in [0.25, 0.3) is 0 Å². The molecule has 0 bridgehead atoms. The number of piperazine rings is 1. The maximum Gasteiger partial charge on any atom is 0.417 e. The SMILES string of the molecule is C[C@@H]1CN(S(=O)(=O)Nc2ccc(F)cc2)[C@@H](C)CN1c1ccc(C#N)c(C(F)(F)F)c1. The Kier molecular flexibility index (Phi) is 6.16. The molecule has 1 aliphatic heterocycles. The van der Waals surface area contributed by atoms with Crippen LogP contribution in [0, 0.1) is 17.1 Å². The van der Waals surface area contributed by atoms with E-state index in [-0.39, 0.29) is 24.5 Å². The average molecular weight is 456 g/mol. The van der Waals surface area contributed by atoms with Gasteiger partial charge in [0, 0.05) is 36.5 Å². The van der Waals surface area contributed by atoms with Gasteiger partial charge < -0.3 is 4.90 Å². The van der Waals surface area contributed by atoms with Crippen molar-refractivity contribution in [2.75, 3.05) is 22.7 Å². The number of nitrogens with one attached hydrogen (secondary N) is 1. The van der Waals surface area contributed by atoms with Crippen LogP contribution in [0.1, 0.15) is 25.0 Å². The number of nitriles is 1. The number of halogens is 4. The topological polar surface area (TPSA) is 76.4 Å². The first-order chi connectivity index (χ1) is 14.4. The van der Waals surface area contributed by atoms with E-state index in [9.17, 15) is 26.0 Å². The van der Waals surface area contributed by atoms with Gasteiger partial charge in [0.25, 0.3) is 0 Å². The molecule has 11 heteroatoms. The van der Waals surface area contributed by atoms with Crippen molar-refractivity contribution in [2.45, 2.75) is 32.1 Å². The van der Waals surface area contributed by atoms with Crippen LogP contribution in [0.15, 0.2) is 42.5 Å². The van der Waals surface area contributed by atoms with E-state index < -0.39 is 45.4 Å². The Morgan fingerprint density at radius 3 is 2.29 bits per heavy atom. The molecule has 0 radical (unpaired) electrons. The Morgan fingerprint density at radius 1 is 1.06 bits per heavy atom. The first-order valence-electron chi connectivity index (χ1n) is 9.35. The van der Waals surface area contributed by atoms with Gasteiger partial charge in [0.1, 0.15) is 5.82 Å². The van der Waals surface area contributed by atoms with Crippen molar-refractivity contribution in [1.29, 1.82) is 5.26 Å². The zero-order valence-corrected chi connectivity index (χ0v) is 17.5. The number of anilines is 2. The van der Waals surface area contributed by atoms with Crippen LogP contribution in [-0.2, 0) is 16.4 Å². The molecule has 6 nitrogen and oxygen atoms in total. The van der Waals surface area contributed by atoms with Crippen LogP contribution in [0.2, 0.25) is 0 Å². The summed E-state index contributed by atoms with van der Waals surface area (Å²) in [5.41, 5.74) is -1.04. The van der Waals surface area contributed by atoms with Crippen molar-refractivity contribution in [3.8, 4) is 6.07 Å². The minimum atomic E-state index is -4.68. The normalized spacial score (nSPS) is 20.4. The van der Waals surface area contributed by atoms with Crippen LogP contribution in [0.4, 0.5) is 28.9 Å². The van der Waals surface area contributed by atoms with Crippen LogP contribution in [-0.4, -0.2) is 37.9 Å². The third kappa shape index (κ3) is 4.91. The van der Waals surface area contributed by atoms with Crippen molar-refractivity contribution < 1.29 is 26.0 Å². The highest BCUT2D eigenvalue weighted by Crippen LogP contribution is 2.35. The van der Waals surface area contributed by atoms with Gasteiger partial charge >= 0.3 is 16.4 Å². The summed E-state index contributed by atoms with van der Waals surface area (Å²) in [6.45, 7) is 3.53. The van der Waals surface area contributed by atoms with Crippen molar-refractivity contribution >= 4 is 21.6 Å². The molecule has 0 amide bonds. The Hall–Kier alpha value is -2.84. The third-order valence-corrected chi connectivity index (χ3v) is 6.71. The minimum Gasteiger partial charge on any atom is -0.366 e. The molecule has 31 heavy (non-hydrogen) atoms. The molecule has 3 rings (SSSR count). The molecule has 1 N–H and O–H groups in total. The minimum absolute atomic E-state index is 0.0268. The highest BCUT2D eigenvalue weighted by atomic mass is 32.2.